The molecule has 2 heterocycles. The monoisotopic (exact) mass is 684 g/mol. The second-order valence-corrected chi connectivity index (χ2v) is 15.9. The van der Waals surface area contributed by atoms with Crippen molar-refractivity contribution in [2.24, 2.45) is 0 Å². The Hall–Kier alpha value is -6.41. The Labute approximate surface area is 303 Å². The Morgan fingerprint density at radius 2 is 0.981 bits per heavy atom. The molecule has 0 saturated heterocycles. The topological polar surface area (TPSA) is 25.2 Å². The van der Waals surface area contributed by atoms with Crippen LogP contribution in [-0.2, 0) is 4.57 Å². The molecule has 3 nitrogen and oxygen atoms in total. The van der Waals surface area contributed by atoms with Gasteiger partial charge in [-0.2, -0.15) is 0 Å². The lowest BCUT2D eigenvalue weighted by atomic mass is 10.0. The van der Waals surface area contributed by atoms with Gasteiger partial charge in [0.1, 0.15) is 0 Å². The minimum atomic E-state index is -3.21. The number of hydrogen-bond donors (Lipinski definition) is 0. The van der Waals surface area contributed by atoms with Crippen LogP contribution in [0, 0.1) is 0 Å². The van der Waals surface area contributed by atoms with Gasteiger partial charge in [-0.05, 0) is 76.9 Å². The van der Waals surface area contributed by atoms with Crippen molar-refractivity contribution in [1.82, 2.24) is 4.57 Å². The maximum atomic E-state index is 15.9. The number of hydrogen-bond acceptors (Lipinski definition) is 2. The summed E-state index contributed by atoms with van der Waals surface area (Å²) in [5, 5.41) is 4.93. The zero-order valence-corrected chi connectivity index (χ0v) is 29.2. The highest BCUT2D eigenvalue weighted by molar-refractivity contribution is 7.86. The summed E-state index contributed by atoms with van der Waals surface area (Å²) in [6, 6.07) is 69.8. The Kier molecular flexibility index (Phi) is 7.09. The molecule has 0 saturated carbocycles. The molecule has 52 heavy (non-hydrogen) atoms. The zero-order chi connectivity index (χ0) is 34.6. The summed E-state index contributed by atoms with van der Waals surface area (Å²) in [5.41, 5.74) is 10.8. The van der Waals surface area contributed by atoms with Crippen LogP contribution in [0.5, 0.6) is 0 Å². The van der Waals surface area contributed by atoms with E-state index in [4.69, 9.17) is 0 Å². The van der Waals surface area contributed by atoms with E-state index >= 15 is 4.57 Å². The summed E-state index contributed by atoms with van der Waals surface area (Å²) in [4.78, 5) is 2.29. The van der Waals surface area contributed by atoms with E-state index in [1.807, 2.05) is 42.5 Å². The van der Waals surface area contributed by atoms with Crippen molar-refractivity contribution in [3.05, 3.63) is 200 Å². The molecule has 0 N–H and O–H groups in total. The van der Waals surface area contributed by atoms with E-state index < -0.39 is 7.14 Å². The lowest BCUT2D eigenvalue weighted by molar-refractivity contribution is 0.593. The summed E-state index contributed by atoms with van der Waals surface area (Å²) in [5.74, 6) is 0. The van der Waals surface area contributed by atoms with E-state index in [0.717, 1.165) is 71.6 Å². The third-order valence-corrected chi connectivity index (χ3v) is 13.6. The number of anilines is 3. The normalized spacial score (nSPS) is 14.7. The molecule has 1 aliphatic heterocycles. The van der Waals surface area contributed by atoms with Gasteiger partial charge in [0.25, 0.3) is 0 Å². The van der Waals surface area contributed by atoms with Crippen LogP contribution in [-0.4, -0.2) is 4.57 Å². The van der Waals surface area contributed by atoms with Gasteiger partial charge in [-0.15, -0.1) is 0 Å². The number of nitrogens with zero attached hydrogens (tertiary/aromatic N) is 2. The van der Waals surface area contributed by atoms with E-state index in [1.165, 1.54) is 11.1 Å². The molecular formula is C48H33N2OP. The molecule has 0 amide bonds. The van der Waals surface area contributed by atoms with Crippen LogP contribution in [0.4, 0.5) is 17.1 Å². The number of benzene rings is 8. The van der Waals surface area contributed by atoms with Crippen LogP contribution < -0.4 is 20.8 Å². The average Bonchev–Trinajstić information content (AvgIpc) is 3.70. The molecule has 0 radical (unpaired) electrons. The number of aromatic nitrogens is 1. The molecule has 1 aromatic heterocycles. The minimum absolute atomic E-state index is 0.859. The molecular weight excluding hydrogens is 652 g/mol. The Bertz CT molecular complexity index is 2790. The SMILES string of the molecule is O=P1(c2ccccc2)c2ccccc2-c2ccc3c4ccccc4n(-c4ccc(N(c5ccccc5)c5ccc(-c6ccccc6)cc5)cc4)c3c21. The summed E-state index contributed by atoms with van der Waals surface area (Å²) < 4.78 is 18.2. The van der Waals surface area contributed by atoms with Crippen LogP contribution in [0.1, 0.15) is 0 Å². The molecule has 246 valence electrons. The fourth-order valence-electron chi connectivity index (χ4n) is 8.06. The molecule has 10 rings (SSSR count). The molecule has 9 aromatic rings. The second kappa shape index (κ2) is 12.1. The Morgan fingerprint density at radius 1 is 0.423 bits per heavy atom. The van der Waals surface area contributed by atoms with Gasteiger partial charge in [0.15, 0.2) is 7.14 Å². The first kappa shape index (κ1) is 30.4. The van der Waals surface area contributed by atoms with Gasteiger partial charge < -0.3 is 14.0 Å². The van der Waals surface area contributed by atoms with Crippen LogP contribution >= 0.6 is 7.14 Å². The third-order valence-electron chi connectivity index (χ3n) is 10.4. The van der Waals surface area contributed by atoms with Gasteiger partial charge >= 0.3 is 0 Å². The van der Waals surface area contributed by atoms with E-state index in [1.54, 1.807) is 0 Å². The predicted molar refractivity (Wildman–Crippen MR) is 219 cm³/mol. The van der Waals surface area contributed by atoms with Crippen molar-refractivity contribution in [2.75, 3.05) is 4.90 Å². The van der Waals surface area contributed by atoms with Crippen molar-refractivity contribution in [3.63, 3.8) is 0 Å². The Morgan fingerprint density at radius 3 is 1.71 bits per heavy atom. The highest BCUT2D eigenvalue weighted by Crippen LogP contribution is 2.55. The van der Waals surface area contributed by atoms with Crippen molar-refractivity contribution in [2.45, 2.75) is 0 Å². The fourth-order valence-corrected chi connectivity index (χ4v) is 11.3. The quantitative estimate of drug-likeness (QED) is 0.163. The molecule has 0 fully saturated rings. The van der Waals surface area contributed by atoms with Gasteiger partial charge in [0.2, 0.25) is 0 Å². The highest BCUT2D eigenvalue weighted by Gasteiger charge is 2.42. The molecule has 0 aliphatic carbocycles. The predicted octanol–water partition coefficient (Wildman–Crippen LogP) is 11.5. The Balaban J connectivity index is 1.17. The largest absolute Gasteiger partial charge is 0.311 e. The van der Waals surface area contributed by atoms with Crippen LogP contribution in [0.2, 0.25) is 0 Å². The average molecular weight is 685 g/mol. The molecule has 1 aliphatic rings. The van der Waals surface area contributed by atoms with Crippen molar-refractivity contribution < 1.29 is 4.57 Å². The van der Waals surface area contributed by atoms with Crippen LogP contribution in [0.25, 0.3) is 49.7 Å². The lowest BCUT2D eigenvalue weighted by Crippen LogP contribution is -2.22. The fraction of sp³-hybridized carbons (Fsp3) is 0. The lowest BCUT2D eigenvalue weighted by Gasteiger charge is -2.26. The molecule has 4 heteroatoms. The van der Waals surface area contributed by atoms with E-state index in [-0.39, 0.29) is 0 Å². The molecule has 1 unspecified atom stereocenters. The van der Waals surface area contributed by atoms with Crippen molar-refractivity contribution in [3.8, 4) is 27.9 Å². The van der Waals surface area contributed by atoms with E-state index in [0.29, 0.717) is 0 Å². The molecule has 0 spiro atoms. The molecule has 8 aromatic carbocycles. The number of rotatable bonds is 6. The summed E-state index contributed by atoms with van der Waals surface area (Å²) in [6.45, 7) is 0. The maximum Gasteiger partial charge on any atom is 0.174 e. The maximum absolute atomic E-state index is 15.9. The molecule has 0 bridgehead atoms. The molecule has 1 atom stereocenters. The van der Waals surface area contributed by atoms with Crippen molar-refractivity contribution >= 4 is 61.9 Å². The number of para-hydroxylation sites is 2. The first-order valence-corrected chi connectivity index (χ1v) is 19.3. The van der Waals surface area contributed by atoms with Gasteiger partial charge in [-0.25, -0.2) is 0 Å². The van der Waals surface area contributed by atoms with Gasteiger partial charge in [-0.1, -0.05) is 146 Å². The van der Waals surface area contributed by atoms with Gasteiger partial charge in [-0.3, -0.25) is 0 Å². The summed E-state index contributed by atoms with van der Waals surface area (Å²) >= 11 is 0. The zero-order valence-electron chi connectivity index (χ0n) is 28.3. The standard InChI is InChI=1S/C48H33N2OP/c51-52(40-18-8-3-9-19-40)46-23-13-11-21-42(46)44-33-32-43-41-20-10-12-22-45(41)50(47(43)48(44)52)39-30-28-38(29-31-39)49(36-16-6-2-7-17-36)37-26-24-35(25-27-37)34-14-4-1-5-15-34/h1-33H. The second-order valence-electron chi connectivity index (χ2n) is 13.3. The van der Waals surface area contributed by atoms with Crippen LogP contribution in [0.3, 0.4) is 0 Å². The third kappa shape index (κ3) is 4.64. The smallest absolute Gasteiger partial charge is 0.174 e. The van der Waals surface area contributed by atoms with Gasteiger partial charge in [0, 0.05) is 44.1 Å². The van der Waals surface area contributed by atoms with E-state index in [9.17, 15) is 0 Å². The van der Waals surface area contributed by atoms with Crippen molar-refractivity contribution in [1.29, 1.82) is 0 Å². The summed E-state index contributed by atoms with van der Waals surface area (Å²) in [7, 11) is -3.21. The van der Waals surface area contributed by atoms with Gasteiger partial charge in [0.05, 0.1) is 16.3 Å². The first-order chi connectivity index (χ1) is 25.7. The minimum Gasteiger partial charge on any atom is -0.311 e. The summed E-state index contributed by atoms with van der Waals surface area (Å²) in [6.07, 6.45) is 0. The first-order valence-electron chi connectivity index (χ1n) is 17.6. The van der Waals surface area contributed by atoms with Crippen LogP contribution in [0.15, 0.2) is 200 Å². The number of fused-ring (bicyclic) bond motifs is 7. The van der Waals surface area contributed by atoms with E-state index in [2.05, 4.69) is 167 Å². The highest BCUT2D eigenvalue weighted by atomic mass is 31.2.